The van der Waals surface area contributed by atoms with Crippen LogP contribution in [0.5, 0.6) is 0 Å². The lowest BCUT2D eigenvalue weighted by Gasteiger charge is -2.55. The number of nitrogens with zero attached hydrogens (tertiary/aromatic N) is 2. The minimum atomic E-state index is 0.618. The SMILES string of the molecule is c1ccc2c(c1)ccn2[C@H]1C[C@H]2COC[C@@H](C1)N2[C@H]1C[C@@H]2CCC[C@@H](C2)C1. The molecule has 27 heavy (non-hydrogen) atoms. The third-order valence-electron chi connectivity index (χ3n) is 8.10. The van der Waals surface area contributed by atoms with Crippen molar-refractivity contribution in [2.24, 2.45) is 11.8 Å². The summed E-state index contributed by atoms with van der Waals surface area (Å²) < 4.78 is 8.62. The minimum Gasteiger partial charge on any atom is -0.378 e. The molecule has 4 aliphatic rings. The van der Waals surface area contributed by atoms with Crippen LogP contribution in [0.3, 0.4) is 0 Å². The average molecular weight is 365 g/mol. The molecule has 2 aliphatic heterocycles. The van der Waals surface area contributed by atoms with Gasteiger partial charge in [0.25, 0.3) is 0 Å². The number of benzene rings is 1. The van der Waals surface area contributed by atoms with Crippen molar-refractivity contribution in [3.63, 3.8) is 0 Å². The van der Waals surface area contributed by atoms with Crippen molar-refractivity contribution in [3.05, 3.63) is 36.5 Å². The Morgan fingerprint density at radius 3 is 2.26 bits per heavy atom. The lowest BCUT2D eigenvalue weighted by atomic mass is 9.69. The molecule has 3 nitrogen and oxygen atoms in total. The number of morpholine rings is 1. The molecule has 1 aromatic heterocycles. The minimum absolute atomic E-state index is 0.618. The van der Waals surface area contributed by atoms with Crippen molar-refractivity contribution in [1.82, 2.24) is 9.47 Å². The molecule has 144 valence electrons. The number of ether oxygens (including phenoxy) is 1. The van der Waals surface area contributed by atoms with Gasteiger partial charge in [0.15, 0.2) is 0 Å². The highest BCUT2D eigenvalue weighted by Crippen LogP contribution is 2.45. The number of rotatable bonds is 2. The molecule has 0 spiro atoms. The van der Waals surface area contributed by atoms with Crippen molar-refractivity contribution in [2.45, 2.75) is 75.5 Å². The predicted octanol–water partition coefficient (Wildman–Crippen LogP) is 5.01. The number of aromatic nitrogens is 1. The van der Waals surface area contributed by atoms with Gasteiger partial charge < -0.3 is 9.30 Å². The van der Waals surface area contributed by atoms with Crippen LogP contribution in [0, 0.1) is 11.8 Å². The Hall–Kier alpha value is -1.32. The lowest BCUT2D eigenvalue weighted by molar-refractivity contribution is -0.118. The normalized spacial score (nSPS) is 39.6. The molecule has 4 fully saturated rings. The Bertz CT molecular complexity index is 788. The van der Waals surface area contributed by atoms with Gasteiger partial charge in [0.05, 0.1) is 13.2 Å². The van der Waals surface area contributed by atoms with E-state index in [4.69, 9.17) is 4.74 Å². The highest BCUT2D eigenvalue weighted by atomic mass is 16.5. The Balaban J connectivity index is 1.26. The molecule has 0 N–H and O–H groups in total. The van der Waals surface area contributed by atoms with Crippen LogP contribution in [0.1, 0.15) is 57.4 Å². The van der Waals surface area contributed by atoms with Gasteiger partial charge in [0.1, 0.15) is 0 Å². The van der Waals surface area contributed by atoms with Crippen molar-refractivity contribution in [2.75, 3.05) is 13.2 Å². The van der Waals surface area contributed by atoms with E-state index in [1.807, 2.05) is 0 Å². The van der Waals surface area contributed by atoms with Gasteiger partial charge in [0.2, 0.25) is 0 Å². The molecule has 3 heteroatoms. The number of piperidine rings is 1. The maximum Gasteiger partial charge on any atom is 0.0623 e. The first-order valence-corrected chi connectivity index (χ1v) is 11.3. The topological polar surface area (TPSA) is 17.4 Å². The van der Waals surface area contributed by atoms with Crippen LogP contribution >= 0.6 is 0 Å². The van der Waals surface area contributed by atoms with Gasteiger partial charge in [-0.25, -0.2) is 0 Å². The molecule has 0 unspecified atom stereocenters. The monoisotopic (exact) mass is 364 g/mol. The molecule has 3 heterocycles. The Morgan fingerprint density at radius 2 is 1.48 bits per heavy atom. The number of para-hydroxylation sites is 1. The molecule has 4 bridgehead atoms. The molecular weight excluding hydrogens is 332 g/mol. The summed E-state index contributed by atoms with van der Waals surface area (Å²) in [4.78, 5) is 2.95. The van der Waals surface area contributed by atoms with Crippen LogP contribution in [0.4, 0.5) is 0 Å². The zero-order chi connectivity index (χ0) is 17.8. The van der Waals surface area contributed by atoms with Crippen LogP contribution in [0.2, 0.25) is 0 Å². The van der Waals surface area contributed by atoms with Gasteiger partial charge in [-0.05, 0) is 61.5 Å². The van der Waals surface area contributed by atoms with Crippen LogP contribution in [0.25, 0.3) is 10.9 Å². The maximum atomic E-state index is 6.05. The molecule has 0 amide bonds. The number of hydrogen-bond acceptors (Lipinski definition) is 2. The van der Waals surface area contributed by atoms with Gasteiger partial charge >= 0.3 is 0 Å². The molecule has 6 atom stereocenters. The van der Waals surface area contributed by atoms with E-state index in [0.717, 1.165) is 31.1 Å². The zero-order valence-electron chi connectivity index (χ0n) is 16.3. The standard InChI is InChI=1S/C24H32N2O/c1-2-7-24-19(6-1)8-9-25(24)20-13-22-15-27-16-23(14-20)26(22)21-11-17-4-3-5-18(10-17)12-21/h1-2,6-9,17-18,20-23H,3-5,10-16H2/t17-,18+,20-,21+,22-,23+. The molecule has 0 radical (unpaired) electrons. The van der Waals surface area contributed by atoms with Gasteiger partial charge in [0, 0.05) is 35.9 Å². The van der Waals surface area contributed by atoms with E-state index in [0.29, 0.717) is 18.1 Å². The number of fused-ring (bicyclic) bond motifs is 5. The summed E-state index contributed by atoms with van der Waals surface area (Å²) in [6, 6.07) is 13.8. The van der Waals surface area contributed by atoms with E-state index in [2.05, 4.69) is 46.0 Å². The van der Waals surface area contributed by atoms with Crippen LogP contribution in [0.15, 0.2) is 36.5 Å². The smallest absolute Gasteiger partial charge is 0.0623 e. The van der Waals surface area contributed by atoms with Crippen molar-refractivity contribution < 1.29 is 4.74 Å². The first kappa shape index (κ1) is 16.6. The van der Waals surface area contributed by atoms with E-state index >= 15 is 0 Å². The second-order valence-electron chi connectivity index (χ2n) is 9.72. The fourth-order valence-electron chi connectivity index (χ4n) is 7.10. The van der Waals surface area contributed by atoms with Crippen molar-refractivity contribution >= 4 is 10.9 Å². The zero-order valence-corrected chi connectivity index (χ0v) is 16.3. The average Bonchev–Trinajstić information content (AvgIpc) is 3.11. The highest BCUT2D eigenvalue weighted by Gasteiger charge is 2.45. The Morgan fingerprint density at radius 1 is 0.741 bits per heavy atom. The summed E-state index contributed by atoms with van der Waals surface area (Å²) >= 11 is 0. The maximum absolute atomic E-state index is 6.05. The van der Waals surface area contributed by atoms with E-state index in [-0.39, 0.29) is 0 Å². The van der Waals surface area contributed by atoms with Crippen molar-refractivity contribution in [3.8, 4) is 0 Å². The Kier molecular flexibility index (Phi) is 4.08. The van der Waals surface area contributed by atoms with Crippen LogP contribution in [-0.4, -0.2) is 40.8 Å². The van der Waals surface area contributed by atoms with Crippen LogP contribution in [-0.2, 0) is 4.74 Å². The lowest BCUT2D eigenvalue weighted by Crippen LogP contribution is -2.61. The first-order chi connectivity index (χ1) is 13.3. The number of hydrogen-bond donors (Lipinski definition) is 0. The molecule has 2 saturated heterocycles. The summed E-state index contributed by atoms with van der Waals surface area (Å²) in [5.74, 6) is 2.02. The first-order valence-electron chi connectivity index (χ1n) is 11.3. The second kappa shape index (κ2) is 6.63. The molecule has 2 aliphatic carbocycles. The van der Waals surface area contributed by atoms with E-state index in [1.165, 1.54) is 62.3 Å². The molecule has 6 rings (SSSR count). The van der Waals surface area contributed by atoms with Gasteiger partial charge in [-0.1, -0.05) is 37.5 Å². The predicted molar refractivity (Wildman–Crippen MR) is 109 cm³/mol. The van der Waals surface area contributed by atoms with E-state index in [9.17, 15) is 0 Å². The molecule has 1 aromatic carbocycles. The fraction of sp³-hybridized carbons (Fsp3) is 0.667. The summed E-state index contributed by atoms with van der Waals surface area (Å²) in [5.41, 5.74) is 1.40. The summed E-state index contributed by atoms with van der Waals surface area (Å²) in [5, 5.41) is 1.38. The highest BCUT2D eigenvalue weighted by molar-refractivity contribution is 5.80. The van der Waals surface area contributed by atoms with E-state index in [1.54, 1.807) is 0 Å². The van der Waals surface area contributed by atoms with Crippen LogP contribution < -0.4 is 0 Å². The summed E-state index contributed by atoms with van der Waals surface area (Å²) in [6.45, 7) is 1.88. The second-order valence-corrected chi connectivity index (χ2v) is 9.72. The fourth-order valence-corrected chi connectivity index (χ4v) is 7.10. The third kappa shape index (κ3) is 2.86. The van der Waals surface area contributed by atoms with Gasteiger partial charge in [-0.15, -0.1) is 0 Å². The molecule has 2 saturated carbocycles. The van der Waals surface area contributed by atoms with Gasteiger partial charge in [-0.3, -0.25) is 4.90 Å². The third-order valence-corrected chi connectivity index (χ3v) is 8.10. The molecule has 2 aromatic rings. The Labute approximate surface area is 162 Å². The summed E-state index contributed by atoms with van der Waals surface area (Å²) in [7, 11) is 0. The van der Waals surface area contributed by atoms with Crippen molar-refractivity contribution in [1.29, 1.82) is 0 Å². The van der Waals surface area contributed by atoms with E-state index < -0.39 is 0 Å². The quantitative estimate of drug-likeness (QED) is 0.745. The molecular formula is C24H32N2O. The summed E-state index contributed by atoms with van der Waals surface area (Å²) in [6.07, 6.45) is 13.7. The largest absolute Gasteiger partial charge is 0.378 e. The van der Waals surface area contributed by atoms with Gasteiger partial charge in [-0.2, -0.15) is 0 Å².